The molecule has 0 unspecified atom stereocenters. The fourth-order valence-electron chi connectivity index (χ4n) is 1.25. The summed E-state index contributed by atoms with van der Waals surface area (Å²) < 4.78 is 22.7. The molecule has 0 saturated heterocycles. The van der Waals surface area contributed by atoms with Crippen LogP contribution in [0.15, 0.2) is 28.7 Å². The maximum atomic E-state index is 12.7. The molecule has 1 N–H and O–H groups in total. The minimum Gasteiger partial charge on any atom is -0.480 e. The van der Waals surface area contributed by atoms with Crippen molar-refractivity contribution >= 4 is 5.97 Å². The maximum Gasteiger partial charge on any atom is 0.329 e. The molecule has 0 spiro atoms. The van der Waals surface area contributed by atoms with Gasteiger partial charge in [0, 0.05) is 5.56 Å². The third kappa shape index (κ3) is 3.11. The monoisotopic (exact) mass is 252 g/mol. The number of hydrogen-bond acceptors (Lipinski definition) is 5. The van der Waals surface area contributed by atoms with Crippen LogP contribution < -0.4 is 0 Å². The molecule has 0 radical (unpaired) electrons. The molecule has 18 heavy (non-hydrogen) atoms. The van der Waals surface area contributed by atoms with Crippen LogP contribution in [-0.2, 0) is 16.1 Å². The maximum absolute atomic E-state index is 12.7. The summed E-state index contributed by atoms with van der Waals surface area (Å²) in [5.41, 5.74) is 0.577. The first-order valence-electron chi connectivity index (χ1n) is 5.03. The molecule has 1 aromatic heterocycles. The fraction of sp³-hybridized carbons (Fsp3) is 0.182. The van der Waals surface area contributed by atoms with Crippen molar-refractivity contribution in [3.63, 3.8) is 0 Å². The van der Waals surface area contributed by atoms with Gasteiger partial charge in [0.25, 0.3) is 0 Å². The molecule has 2 aromatic rings. The zero-order valence-electron chi connectivity index (χ0n) is 9.17. The van der Waals surface area contributed by atoms with Gasteiger partial charge in [-0.3, -0.25) is 0 Å². The summed E-state index contributed by atoms with van der Waals surface area (Å²) >= 11 is 0. The number of carbonyl (C=O) groups is 1. The van der Waals surface area contributed by atoms with Crippen molar-refractivity contribution in [1.82, 2.24) is 10.2 Å². The molecule has 0 aliphatic heterocycles. The Labute approximate surface area is 101 Å². The molecular weight excluding hydrogens is 243 g/mol. The van der Waals surface area contributed by atoms with E-state index in [1.165, 1.54) is 24.3 Å². The molecule has 1 aromatic carbocycles. The molecule has 0 aliphatic rings. The van der Waals surface area contributed by atoms with E-state index < -0.39 is 12.6 Å². The standard InChI is InChI=1S/C11H9FN2O4/c12-8-3-1-7(2-4-8)11-14-13-9(18-11)5-17-6-10(15)16/h1-4H,5-6H2,(H,15,16). The predicted molar refractivity (Wildman–Crippen MR) is 57.0 cm³/mol. The van der Waals surface area contributed by atoms with Gasteiger partial charge in [-0.15, -0.1) is 10.2 Å². The Bertz CT molecular complexity index is 538. The Balaban J connectivity index is 2.01. The zero-order chi connectivity index (χ0) is 13.0. The molecule has 0 aliphatic carbocycles. The number of aliphatic carboxylic acids is 1. The lowest BCUT2D eigenvalue weighted by atomic mass is 10.2. The van der Waals surface area contributed by atoms with Gasteiger partial charge in [0.1, 0.15) is 19.0 Å². The summed E-state index contributed by atoms with van der Waals surface area (Å²) in [6.07, 6.45) is 0. The van der Waals surface area contributed by atoms with Crippen molar-refractivity contribution in [3.8, 4) is 11.5 Å². The van der Waals surface area contributed by atoms with Crippen molar-refractivity contribution in [1.29, 1.82) is 0 Å². The third-order valence-electron chi connectivity index (χ3n) is 2.01. The van der Waals surface area contributed by atoms with Gasteiger partial charge in [0.2, 0.25) is 11.8 Å². The lowest BCUT2D eigenvalue weighted by molar-refractivity contribution is -0.142. The number of carboxylic acid groups (broad SMARTS) is 1. The third-order valence-corrected chi connectivity index (χ3v) is 2.01. The Morgan fingerprint density at radius 2 is 2.06 bits per heavy atom. The van der Waals surface area contributed by atoms with E-state index in [1.54, 1.807) is 0 Å². The average Bonchev–Trinajstić information content (AvgIpc) is 2.78. The lowest BCUT2D eigenvalue weighted by Crippen LogP contribution is -2.06. The number of rotatable bonds is 5. The predicted octanol–water partition coefficient (Wildman–Crippen LogP) is 1.48. The first-order chi connectivity index (χ1) is 8.65. The van der Waals surface area contributed by atoms with Crippen LogP contribution in [0.2, 0.25) is 0 Å². The Morgan fingerprint density at radius 3 is 2.72 bits per heavy atom. The quantitative estimate of drug-likeness (QED) is 0.867. The van der Waals surface area contributed by atoms with E-state index in [0.717, 1.165) is 0 Å². The van der Waals surface area contributed by atoms with E-state index in [-0.39, 0.29) is 24.2 Å². The van der Waals surface area contributed by atoms with Crippen molar-refractivity contribution in [2.45, 2.75) is 6.61 Å². The summed E-state index contributed by atoms with van der Waals surface area (Å²) in [7, 11) is 0. The molecule has 0 bridgehead atoms. The number of benzene rings is 1. The number of hydrogen-bond donors (Lipinski definition) is 1. The molecule has 2 rings (SSSR count). The summed E-state index contributed by atoms with van der Waals surface area (Å²) in [6, 6.07) is 5.57. The van der Waals surface area contributed by atoms with E-state index in [9.17, 15) is 9.18 Å². The highest BCUT2D eigenvalue weighted by atomic mass is 19.1. The first kappa shape index (κ1) is 12.2. The van der Waals surface area contributed by atoms with E-state index >= 15 is 0 Å². The van der Waals surface area contributed by atoms with Crippen molar-refractivity contribution in [2.75, 3.05) is 6.61 Å². The fourth-order valence-corrected chi connectivity index (χ4v) is 1.25. The summed E-state index contributed by atoms with van der Waals surface area (Å²) in [5.74, 6) is -1.05. The number of ether oxygens (including phenoxy) is 1. The molecule has 94 valence electrons. The van der Waals surface area contributed by atoms with Gasteiger partial charge in [-0.2, -0.15) is 0 Å². The minimum atomic E-state index is -1.08. The summed E-state index contributed by atoms with van der Waals surface area (Å²) in [6.45, 7) is -0.519. The lowest BCUT2D eigenvalue weighted by Gasteiger charge is -1.95. The number of aromatic nitrogens is 2. The minimum absolute atomic E-state index is 0.0828. The van der Waals surface area contributed by atoms with Gasteiger partial charge in [0.05, 0.1) is 0 Å². The Kier molecular flexibility index (Phi) is 3.63. The molecule has 6 nitrogen and oxygen atoms in total. The van der Waals surface area contributed by atoms with Crippen LogP contribution >= 0.6 is 0 Å². The second kappa shape index (κ2) is 5.37. The van der Waals surface area contributed by atoms with Crippen LogP contribution in [0, 0.1) is 5.82 Å². The highest BCUT2D eigenvalue weighted by molar-refractivity contribution is 5.67. The summed E-state index contributed by atoms with van der Waals surface area (Å²) in [5, 5.41) is 15.8. The van der Waals surface area contributed by atoms with Crippen LogP contribution in [0.5, 0.6) is 0 Å². The molecule has 0 amide bonds. The molecule has 7 heteroatoms. The van der Waals surface area contributed by atoms with Gasteiger partial charge in [0.15, 0.2) is 0 Å². The number of nitrogens with zero attached hydrogens (tertiary/aromatic N) is 2. The van der Waals surface area contributed by atoms with E-state index in [1.807, 2.05) is 0 Å². The molecule has 0 saturated carbocycles. The molecular formula is C11H9FN2O4. The Morgan fingerprint density at radius 1 is 1.33 bits per heavy atom. The molecule has 0 fully saturated rings. The zero-order valence-corrected chi connectivity index (χ0v) is 9.17. The van der Waals surface area contributed by atoms with Gasteiger partial charge in [-0.1, -0.05) is 0 Å². The van der Waals surface area contributed by atoms with Crippen LogP contribution in [0.3, 0.4) is 0 Å². The second-order valence-electron chi connectivity index (χ2n) is 3.39. The number of carboxylic acids is 1. The van der Waals surface area contributed by atoms with E-state index in [2.05, 4.69) is 10.2 Å². The van der Waals surface area contributed by atoms with Crippen LogP contribution in [0.25, 0.3) is 11.5 Å². The van der Waals surface area contributed by atoms with Gasteiger partial charge in [-0.25, -0.2) is 9.18 Å². The van der Waals surface area contributed by atoms with E-state index in [0.29, 0.717) is 5.56 Å². The largest absolute Gasteiger partial charge is 0.480 e. The van der Waals surface area contributed by atoms with Crippen LogP contribution in [0.1, 0.15) is 5.89 Å². The topological polar surface area (TPSA) is 85.5 Å². The van der Waals surface area contributed by atoms with Crippen molar-refractivity contribution < 1.29 is 23.4 Å². The Hall–Kier alpha value is -2.28. The smallest absolute Gasteiger partial charge is 0.329 e. The normalized spacial score (nSPS) is 10.5. The van der Waals surface area contributed by atoms with E-state index in [4.69, 9.17) is 14.3 Å². The van der Waals surface area contributed by atoms with Gasteiger partial charge >= 0.3 is 5.97 Å². The van der Waals surface area contributed by atoms with Gasteiger partial charge < -0.3 is 14.3 Å². The van der Waals surface area contributed by atoms with Gasteiger partial charge in [-0.05, 0) is 24.3 Å². The number of halogens is 1. The highest BCUT2D eigenvalue weighted by Gasteiger charge is 2.09. The van der Waals surface area contributed by atoms with Crippen molar-refractivity contribution in [3.05, 3.63) is 36.0 Å². The molecule has 1 heterocycles. The molecule has 0 atom stereocenters. The average molecular weight is 252 g/mol. The van der Waals surface area contributed by atoms with Crippen molar-refractivity contribution in [2.24, 2.45) is 0 Å². The van der Waals surface area contributed by atoms with Crippen LogP contribution in [-0.4, -0.2) is 27.9 Å². The first-order valence-corrected chi connectivity index (χ1v) is 5.03. The second-order valence-corrected chi connectivity index (χ2v) is 3.39. The SMILES string of the molecule is O=C(O)COCc1nnc(-c2ccc(F)cc2)o1. The van der Waals surface area contributed by atoms with Crippen LogP contribution in [0.4, 0.5) is 4.39 Å². The highest BCUT2D eigenvalue weighted by Crippen LogP contribution is 2.18. The summed E-state index contributed by atoms with van der Waals surface area (Å²) in [4.78, 5) is 10.2.